The largest absolute Gasteiger partial charge is 0.478 e. The van der Waals surface area contributed by atoms with Gasteiger partial charge in [0.05, 0.1) is 7.11 Å². The lowest BCUT2D eigenvalue weighted by molar-refractivity contribution is -0.136. The highest BCUT2D eigenvalue weighted by atomic mass is 16.5. The van der Waals surface area contributed by atoms with E-state index in [0.29, 0.717) is 6.08 Å². The average Bonchev–Trinajstić information content (AvgIpc) is 2.71. The zero-order valence-corrected chi connectivity index (χ0v) is 7.84. The summed E-state index contributed by atoms with van der Waals surface area (Å²) in [7, 11) is 1.18. The fraction of sp³-hybridized carbons (Fsp3) is 0.200. The molecule has 1 N–H and O–H groups in total. The van der Waals surface area contributed by atoms with Crippen LogP contribution in [-0.4, -0.2) is 24.2 Å². The predicted octanol–water partition coefficient (Wildman–Crippen LogP) is 1.30. The number of carbonyl (C=O) groups excluding carboxylic acids is 1. The maximum Gasteiger partial charge on any atom is 0.330 e. The summed E-state index contributed by atoms with van der Waals surface area (Å²) in [5, 5.41) is 7.96. The van der Waals surface area contributed by atoms with Gasteiger partial charge in [-0.15, -0.1) is 0 Å². The quantitative estimate of drug-likeness (QED) is 0.534. The smallest absolute Gasteiger partial charge is 0.330 e. The molecule has 0 saturated carbocycles. The van der Waals surface area contributed by atoms with Crippen LogP contribution in [0.5, 0.6) is 0 Å². The van der Waals surface area contributed by atoms with Crippen LogP contribution in [0.4, 0.5) is 0 Å². The van der Waals surface area contributed by atoms with Crippen molar-refractivity contribution in [3.63, 3.8) is 0 Å². The first kappa shape index (κ1) is 12.2. The Labute approximate surface area is 82.2 Å². The van der Waals surface area contributed by atoms with E-state index in [-0.39, 0.29) is 0 Å². The molecule has 0 spiro atoms. The molecule has 1 rings (SSSR count). The van der Waals surface area contributed by atoms with E-state index in [1.807, 2.05) is 0 Å². The zero-order valence-electron chi connectivity index (χ0n) is 7.84. The van der Waals surface area contributed by atoms with Crippen molar-refractivity contribution in [3.8, 4) is 0 Å². The van der Waals surface area contributed by atoms with E-state index in [1.165, 1.54) is 7.11 Å². The molecule has 0 fully saturated rings. The fourth-order valence-corrected chi connectivity index (χ4v) is 0.600. The van der Waals surface area contributed by atoms with Crippen LogP contribution < -0.4 is 0 Å². The van der Waals surface area contributed by atoms with Gasteiger partial charge in [-0.1, -0.05) is 24.3 Å². The van der Waals surface area contributed by atoms with Crippen molar-refractivity contribution >= 4 is 11.9 Å². The topological polar surface area (TPSA) is 63.6 Å². The summed E-state index contributed by atoms with van der Waals surface area (Å²) in [6, 6.07) is 0. The van der Waals surface area contributed by atoms with Crippen molar-refractivity contribution in [1.82, 2.24) is 0 Å². The van der Waals surface area contributed by atoms with E-state index in [1.54, 1.807) is 0 Å². The number of hydrogen-bond donors (Lipinski definition) is 1. The normalized spacial score (nSPS) is 12.4. The van der Waals surface area contributed by atoms with Crippen LogP contribution in [0.25, 0.3) is 0 Å². The van der Waals surface area contributed by atoms with Gasteiger partial charge in [-0.3, -0.25) is 0 Å². The highest BCUT2D eigenvalue weighted by Crippen LogP contribution is 1.93. The second-order valence-electron chi connectivity index (χ2n) is 2.29. The molecular formula is C10H12O4. The third-order valence-electron chi connectivity index (χ3n) is 1.22. The van der Waals surface area contributed by atoms with Gasteiger partial charge in [0, 0.05) is 12.2 Å². The van der Waals surface area contributed by atoms with Crippen molar-refractivity contribution in [2.45, 2.75) is 6.42 Å². The van der Waals surface area contributed by atoms with Gasteiger partial charge < -0.3 is 9.84 Å². The molecule has 0 aromatic heterocycles. The summed E-state index contributed by atoms with van der Waals surface area (Å²) in [6.07, 6.45) is 11.0. The fourth-order valence-electron chi connectivity index (χ4n) is 0.600. The molecule has 1 aliphatic rings. The van der Waals surface area contributed by atoms with Crippen molar-refractivity contribution < 1.29 is 19.4 Å². The van der Waals surface area contributed by atoms with Crippen LogP contribution in [0.3, 0.4) is 0 Å². The maximum absolute atomic E-state index is 10.1. The summed E-state index contributed by atoms with van der Waals surface area (Å²) in [6.45, 7) is 0. The van der Waals surface area contributed by atoms with Gasteiger partial charge in [0.2, 0.25) is 0 Å². The minimum atomic E-state index is -1.17. The average molecular weight is 196 g/mol. The summed E-state index contributed by atoms with van der Waals surface area (Å²) in [5.41, 5.74) is 0. The maximum atomic E-state index is 10.1. The van der Waals surface area contributed by atoms with E-state index >= 15 is 0 Å². The van der Waals surface area contributed by atoms with Crippen LogP contribution in [0, 0.1) is 0 Å². The van der Waals surface area contributed by atoms with E-state index < -0.39 is 11.9 Å². The molecule has 0 aliphatic heterocycles. The van der Waals surface area contributed by atoms with Crippen molar-refractivity contribution in [2.75, 3.05) is 7.11 Å². The van der Waals surface area contributed by atoms with Crippen LogP contribution in [0.15, 0.2) is 36.5 Å². The zero-order chi connectivity index (χ0) is 10.8. The number of aliphatic carboxylic acids is 1. The van der Waals surface area contributed by atoms with Crippen molar-refractivity contribution in [3.05, 3.63) is 36.5 Å². The monoisotopic (exact) mass is 196 g/mol. The summed E-state index contributed by atoms with van der Waals surface area (Å²) in [4.78, 5) is 19.9. The lowest BCUT2D eigenvalue weighted by atomic mass is 10.5. The molecule has 4 heteroatoms. The highest BCUT2D eigenvalue weighted by Gasteiger charge is 1.91. The minimum absolute atomic E-state index is 0.669. The number of allylic oxidation sites excluding steroid dienone is 4. The van der Waals surface area contributed by atoms with Gasteiger partial charge in [-0.25, -0.2) is 9.59 Å². The molecule has 1 aliphatic carbocycles. The minimum Gasteiger partial charge on any atom is -0.478 e. The number of esters is 1. The molecule has 0 saturated heterocycles. The van der Waals surface area contributed by atoms with E-state index in [9.17, 15) is 9.59 Å². The van der Waals surface area contributed by atoms with Gasteiger partial charge in [0.25, 0.3) is 0 Å². The Bertz CT molecular complexity index is 264. The SMILES string of the molecule is C1=CCC=C1.COC(=O)/C=C\C(=O)O. The van der Waals surface area contributed by atoms with E-state index in [2.05, 4.69) is 29.0 Å². The number of carbonyl (C=O) groups is 2. The summed E-state index contributed by atoms with van der Waals surface area (Å²) in [5.74, 6) is -1.84. The Morgan fingerprint density at radius 1 is 1.29 bits per heavy atom. The molecule has 4 nitrogen and oxygen atoms in total. The molecule has 0 heterocycles. The third kappa shape index (κ3) is 8.26. The van der Waals surface area contributed by atoms with Crippen molar-refractivity contribution in [2.24, 2.45) is 0 Å². The number of carboxylic acids is 1. The Morgan fingerprint density at radius 3 is 2.14 bits per heavy atom. The van der Waals surface area contributed by atoms with Crippen molar-refractivity contribution in [1.29, 1.82) is 0 Å². The van der Waals surface area contributed by atoms with Crippen LogP contribution in [0.1, 0.15) is 6.42 Å². The molecule has 0 aromatic carbocycles. The summed E-state index contributed by atoms with van der Waals surface area (Å²) >= 11 is 0. The van der Waals surface area contributed by atoms with E-state index in [0.717, 1.165) is 12.5 Å². The highest BCUT2D eigenvalue weighted by molar-refractivity contribution is 5.90. The number of rotatable bonds is 2. The standard InChI is InChI=1S/C5H6O4.C5H6/c1-9-5(8)3-2-4(6)7;1-2-4-5-3-1/h2-3H,1H3,(H,6,7);1-4H,5H2/b3-2-;. The van der Waals surface area contributed by atoms with Crippen LogP contribution in [0.2, 0.25) is 0 Å². The lowest BCUT2D eigenvalue weighted by Crippen LogP contribution is -1.96. The number of carboxylic acid groups (broad SMARTS) is 1. The van der Waals surface area contributed by atoms with Crippen LogP contribution in [-0.2, 0) is 14.3 Å². The van der Waals surface area contributed by atoms with E-state index in [4.69, 9.17) is 5.11 Å². The number of methoxy groups -OCH3 is 1. The predicted molar refractivity (Wildman–Crippen MR) is 51.7 cm³/mol. The number of hydrogen-bond acceptors (Lipinski definition) is 3. The van der Waals surface area contributed by atoms with Gasteiger partial charge in [0.1, 0.15) is 0 Å². The molecule has 0 unspecified atom stereocenters. The molecule has 76 valence electrons. The second kappa shape index (κ2) is 7.79. The second-order valence-corrected chi connectivity index (χ2v) is 2.29. The Balaban J connectivity index is 0.000000280. The summed E-state index contributed by atoms with van der Waals surface area (Å²) < 4.78 is 4.11. The van der Waals surface area contributed by atoms with Gasteiger partial charge in [-0.2, -0.15) is 0 Å². The molecular weight excluding hydrogens is 184 g/mol. The Morgan fingerprint density at radius 2 is 1.86 bits per heavy atom. The van der Waals surface area contributed by atoms with Gasteiger partial charge in [0.15, 0.2) is 0 Å². The molecule has 0 amide bonds. The van der Waals surface area contributed by atoms with Gasteiger partial charge >= 0.3 is 11.9 Å². The molecule has 14 heavy (non-hydrogen) atoms. The third-order valence-corrected chi connectivity index (χ3v) is 1.22. The molecule has 0 radical (unpaired) electrons. The first-order valence-corrected chi connectivity index (χ1v) is 3.97. The Hall–Kier alpha value is -1.84. The lowest BCUT2D eigenvalue weighted by Gasteiger charge is -1.85. The molecule has 0 atom stereocenters. The first-order valence-electron chi connectivity index (χ1n) is 3.97. The number of ether oxygens (including phenoxy) is 1. The van der Waals surface area contributed by atoms with Gasteiger partial charge in [-0.05, 0) is 6.42 Å². The molecule has 0 bridgehead atoms. The van der Waals surface area contributed by atoms with Crippen LogP contribution >= 0.6 is 0 Å². The molecule has 0 aromatic rings. The first-order chi connectivity index (χ1) is 6.66. The Kier molecular flexibility index (Phi) is 6.77.